The molecule has 2 aromatic heterocycles. The van der Waals surface area contributed by atoms with Crippen LogP contribution in [0, 0.1) is 0 Å². The molecule has 4 heterocycles. The zero-order valence-corrected chi connectivity index (χ0v) is 19.8. The number of likely N-dealkylation sites (tertiary alicyclic amines) is 1. The lowest BCUT2D eigenvalue weighted by molar-refractivity contribution is -0.0806. The number of anilines is 2. The Kier molecular flexibility index (Phi) is 5.25. The highest BCUT2D eigenvalue weighted by atomic mass is 35.5. The number of rotatable bonds is 5. The lowest BCUT2D eigenvalue weighted by Gasteiger charge is -2.43. The van der Waals surface area contributed by atoms with Gasteiger partial charge in [-0.3, -0.25) is 4.90 Å². The van der Waals surface area contributed by atoms with E-state index in [0.29, 0.717) is 59.5 Å². The third-order valence-corrected chi connectivity index (χ3v) is 7.94. The molecule has 2 aliphatic heterocycles. The van der Waals surface area contributed by atoms with Crippen LogP contribution in [-0.2, 0) is 10.3 Å². The first-order valence-corrected chi connectivity index (χ1v) is 12.1. The van der Waals surface area contributed by atoms with Gasteiger partial charge in [-0.1, -0.05) is 23.2 Å². The number of fused-ring (bicyclic) bond motifs is 1. The van der Waals surface area contributed by atoms with E-state index in [1.165, 1.54) is 0 Å². The van der Waals surface area contributed by atoms with Gasteiger partial charge in [-0.05, 0) is 50.4 Å². The average molecular weight is 491 g/mol. The van der Waals surface area contributed by atoms with E-state index in [1.807, 2.05) is 16.8 Å². The fraction of sp³-hybridized carbons (Fsp3) is 0.522. The van der Waals surface area contributed by atoms with Crippen LogP contribution in [0.25, 0.3) is 10.9 Å². The molecule has 1 saturated carbocycles. The van der Waals surface area contributed by atoms with Crippen molar-refractivity contribution in [1.82, 2.24) is 24.6 Å². The zero-order chi connectivity index (χ0) is 22.7. The van der Waals surface area contributed by atoms with Crippen molar-refractivity contribution >= 4 is 45.7 Å². The summed E-state index contributed by atoms with van der Waals surface area (Å²) in [4.78, 5) is 11.3. The minimum absolute atomic E-state index is 0.00293. The van der Waals surface area contributed by atoms with Crippen molar-refractivity contribution in [2.75, 3.05) is 31.6 Å². The van der Waals surface area contributed by atoms with Gasteiger partial charge in [0.25, 0.3) is 0 Å². The quantitative estimate of drug-likeness (QED) is 0.547. The number of halogens is 3. The van der Waals surface area contributed by atoms with Crippen molar-refractivity contribution in [1.29, 1.82) is 0 Å². The second kappa shape index (κ2) is 8.05. The normalized spacial score (nSPS) is 25.2. The summed E-state index contributed by atoms with van der Waals surface area (Å²) in [5.41, 5.74) is 2.18. The van der Waals surface area contributed by atoms with E-state index in [1.54, 1.807) is 12.4 Å². The van der Waals surface area contributed by atoms with Crippen LogP contribution in [-0.4, -0.2) is 63.2 Å². The van der Waals surface area contributed by atoms with Crippen molar-refractivity contribution < 1.29 is 9.13 Å². The van der Waals surface area contributed by atoms with E-state index in [-0.39, 0.29) is 11.5 Å². The molecular formula is C23H25Cl2FN6O. The molecule has 3 fully saturated rings. The SMILES string of the molecule is CC1(n2ncc(Nc3ncc4cc(Cl)c([C@@H]5CCN(C6COC6)CC5F)cc4n3)c2Cl)CC1. The van der Waals surface area contributed by atoms with Gasteiger partial charge in [-0.15, -0.1) is 0 Å². The smallest absolute Gasteiger partial charge is 0.227 e. The maximum absolute atomic E-state index is 15.2. The number of nitrogens with one attached hydrogen (secondary N) is 1. The predicted molar refractivity (Wildman–Crippen MR) is 126 cm³/mol. The molecule has 3 aliphatic rings. The molecule has 0 radical (unpaired) electrons. The Morgan fingerprint density at radius 2 is 2.03 bits per heavy atom. The molecule has 1 N–H and O–H groups in total. The van der Waals surface area contributed by atoms with Crippen molar-refractivity contribution in [2.45, 2.75) is 49.9 Å². The summed E-state index contributed by atoms with van der Waals surface area (Å²) in [5.74, 6) is 0.159. The van der Waals surface area contributed by atoms with E-state index in [4.69, 9.17) is 27.9 Å². The number of hydrogen-bond acceptors (Lipinski definition) is 6. The minimum Gasteiger partial charge on any atom is -0.378 e. The molecule has 1 unspecified atom stereocenters. The number of alkyl halides is 1. The summed E-state index contributed by atoms with van der Waals surface area (Å²) in [5, 5.41) is 9.51. The Balaban J connectivity index is 1.25. The molecule has 10 heteroatoms. The monoisotopic (exact) mass is 490 g/mol. The van der Waals surface area contributed by atoms with Gasteiger partial charge in [-0.25, -0.2) is 19.0 Å². The van der Waals surface area contributed by atoms with Crippen LogP contribution in [0.3, 0.4) is 0 Å². The Labute approximate surface area is 201 Å². The van der Waals surface area contributed by atoms with E-state index in [0.717, 1.165) is 30.3 Å². The van der Waals surface area contributed by atoms with Crippen LogP contribution in [0.2, 0.25) is 10.2 Å². The second-order valence-corrected chi connectivity index (χ2v) is 10.4. The summed E-state index contributed by atoms with van der Waals surface area (Å²) < 4.78 is 22.3. The number of ether oxygens (including phenoxy) is 1. The largest absolute Gasteiger partial charge is 0.378 e. The molecule has 3 aromatic rings. The van der Waals surface area contributed by atoms with Crippen molar-refractivity contribution in [3.63, 3.8) is 0 Å². The van der Waals surface area contributed by atoms with Crippen LogP contribution >= 0.6 is 23.2 Å². The second-order valence-electron chi connectivity index (χ2n) is 9.61. The fourth-order valence-electron chi connectivity index (χ4n) is 4.76. The molecule has 0 bridgehead atoms. The molecule has 6 rings (SSSR count). The molecular weight excluding hydrogens is 466 g/mol. The van der Waals surface area contributed by atoms with Crippen LogP contribution in [0.4, 0.5) is 16.0 Å². The van der Waals surface area contributed by atoms with Crippen LogP contribution in [0.1, 0.15) is 37.7 Å². The lowest BCUT2D eigenvalue weighted by Crippen LogP contribution is -2.54. The molecule has 174 valence electrons. The molecule has 0 amide bonds. The van der Waals surface area contributed by atoms with Gasteiger partial charge in [-0.2, -0.15) is 5.10 Å². The van der Waals surface area contributed by atoms with E-state index >= 15 is 4.39 Å². The van der Waals surface area contributed by atoms with Gasteiger partial charge in [0.15, 0.2) is 5.15 Å². The zero-order valence-electron chi connectivity index (χ0n) is 18.3. The number of benzene rings is 1. The summed E-state index contributed by atoms with van der Waals surface area (Å²) in [6.07, 6.45) is 5.27. The number of aromatic nitrogens is 4. The Hall–Kier alpha value is -2.00. The third kappa shape index (κ3) is 3.87. The summed E-state index contributed by atoms with van der Waals surface area (Å²) >= 11 is 13.1. The van der Waals surface area contributed by atoms with Gasteiger partial charge in [0.2, 0.25) is 5.95 Å². The molecule has 1 aromatic carbocycles. The Morgan fingerprint density at radius 1 is 1.21 bits per heavy atom. The van der Waals surface area contributed by atoms with Gasteiger partial charge >= 0.3 is 0 Å². The molecule has 7 nitrogen and oxygen atoms in total. The lowest BCUT2D eigenvalue weighted by atomic mass is 9.86. The highest BCUT2D eigenvalue weighted by Crippen LogP contribution is 2.45. The number of piperidine rings is 1. The van der Waals surface area contributed by atoms with Crippen LogP contribution in [0.5, 0.6) is 0 Å². The first-order chi connectivity index (χ1) is 15.9. The highest BCUT2D eigenvalue weighted by Gasteiger charge is 2.42. The van der Waals surface area contributed by atoms with Gasteiger partial charge in [0.05, 0.1) is 42.2 Å². The van der Waals surface area contributed by atoms with Crippen molar-refractivity contribution in [3.8, 4) is 0 Å². The maximum atomic E-state index is 15.2. The highest BCUT2D eigenvalue weighted by molar-refractivity contribution is 6.32. The number of hydrogen-bond donors (Lipinski definition) is 1. The van der Waals surface area contributed by atoms with E-state index in [9.17, 15) is 0 Å². The minimum atomic E-state index is -0.984. The number of nitrogens with zero attached hydrogens (tertiary/aromatic N) is 5. The summed E-state index contributed by atoms with van der Waals surface area (Å²) in [6, 6.07) is 4.07. The molecule has 1 aliphatic carbocycles. The summed E-state index contributed by atoms with van der Waals surface area (Å²) in [6.45, 7) is 4.78. The first-order valence-electron chi connectivity index (χ1n) is 11.3. The molecule has 2 atom stereocenters. The Bertz CT molecular complexity index is 1210. The first kappa shape index (κ1) is 21.5. The van der Waals surface area contributed by atoms with Crippen LogP contribution in [0.15, 0.2) is 24.5 Å². The third-order valence-electron chi connectivity index (χ3n) is 7.25. The van der Waals surface area contributed by atoms with E-state index in [2.05, 4.69) is 32.2 Å². The van der Waals surface area contributed by atoms with E-state index < -0.39 is 6.17 Å². The van der Waals surface area contributed by atoms with Crippen LogP contribution < -0.4 is 5.32 Å². The van der Waals surface area contributed by atoms with Gasteiger partial charge in [0.1, 0.15) is 6.17 Å². The standard InChI is InChI=1S/C23H25Cl2FN6O/c1-23(3-4-23)32-21(25)20(9-28-32)30-22-27-8-13-6-17(24)16(7-19(13)29-22)15-2-5-31(10-18(15)26)14-11-33-12-14/h6-9,14-15,18H,2-5,10-12H2,1H3,(H,27,29,30)/t15-,18?/m0/s1. The van der Waals surface area contributed by atoms with Crippen molar-refractivity contribution in [3.05, 3.63) is 40.3 Å². The molecule has 0 spiro atoms. The van der Waals surface area contributed by atoms with Gasteiger partial charge < -0.3 is 10.1 Å². The molecule has 2 saturated heterocycles. The maximum Gasteiger partial charge on any atom is 0.227 e. The molecule has 33 heavy (non-hydrogen) atoms. The topological polar surface area (TPSA) is 68.1 Å². The summed E-state index contributed by atoms with van der Waals surface area (Å²) in [7, 11) is 0. The fourth-order valence-corrected chi connectivity index (χ4v) is 5.42. The van der Waals surface area contributed by atoms with Gasteiger partial charge in [0, 0.05) is 29.1 Å². The average Bonchev–Trinajstić information content (AvgIpc) is 3.39. The Morgan fingerprint density at radius 3 is 2.73 bits per heavy atom. The van der Waals surface area contributed by atoms with Crippen molar-refractivity contribution in [2.24, 2.45) is 0 Å². The predicted octanol–water partition coefficient (Wildman–Crippen LogP) is 4.91.